The number of carbonyl (C=O) groups excluding carboxylic acids is 1. The summed E-state index contributed by atoms with van der Waals surface area (Å²) in [7, 11) is 0. The molecule has 6 heteroatoms. The van der Waals surface area contributed by atoms with Crippen molar-refractivity contribution >= 4 is 17.7 Å². The summed E-state index contributed by atoms with van der Waals surface area (Å²) in [6.45, 7) is 7.23. The number of aromatic nitrogens is 3. The first-order valence-corrected chi connectivity index (χ1v) is 12.0. The molecule has 1 aromatic heterocycles. The van der Waals surface area contributed by atoms with Gasteiger partial charge in [0.2, 0.25) is 5.91 Å². The summed E-state index contributed by atoms with van der Waals surface area (Å²) in [4.78, 5) is 14.9. The van der Waals surface area contributed by atoms with Crippen LogP contribution in [-0.4, -0.2) is 43.9 Å². The summed E-state index contributed by atoms with van der Waals surface area (Å²) in [5.41, 5.74) is 4.66. The van der Waals surface area contributed by atoms with Crippen molar-refractivity contribution in [2.45, 2.75) is 57.7 Å². The number of carbonyl (C=O) groups is 1. The van der Waals surface area contributed by atoms with Crippen LogP contribution in [0.5, 0.6) is 0 Å². The molecule has 0 bridgehead atoms. The zero-order valence-corrected chi connectivity index (χ0v) is 19.4. The molecule has 1 fully saturated rings. The molecule has 1 atom stereocenters. The minimum atomic E-state index is 0.192. The van der Waals surface area contributed by atoms with E-state index < -0.39 is 0 Å². The van der Waals surface area contributed by atoms with Gasteiger partial charge in [-0.2, -0.15) is 0 Å². The first-order valence-electron chi connectivity index (χ1n) is 11.0. The maximum absolute atomic E-state index is 12.9. The van der Waals surface area contributed by atoms with E-state index >= 15 is 0 Å². The van der Waals surface area contributed by atoms with Gasteiger partial charge < -0.3 is 4.90 Å². The average molecular weight is 435 g/mol. The summed E-state index contributed by atoms with van der Waals surface area (Å²) in [5.74, 6) is 1.47. The van der Waals surface area contributed by atoms with Gasteiger partial charge in [0.1, 0.15) is 5.82 Å². The van der Waals surface area contributed by atoms with Crippen molar-refractivity contribution in [2.24, 2.45) is 0 Å². The van der Waals surface area contributed by atoms with Crippen molar-refractivity contribution in [1.82, 2.24) is 19.7 Å². The lowest BCUT2D eigenvalue weighted by molar-refractivity contribution is -0.131. The Balaban J connectivity index is 1.61. The highest BCUT2D eigenvalue weighted by Gasteiger charge is 2.24. The lowest BCUT2D eigenvalue weighted by atomic mass is 10.0. The molecule has 0 spiro atoms. The van der Waals surface area contributed by atoms with Crippen LogP contribution in [0.1, 0.15) is 48.7 Å². The molecule has 0 aliphatic carbocycles. The summed E-state index contributed by atoms with van der Waals surface area (Å²) in [6.07, 6.45) is 4.10. The van der Waals surface area contributed by atoms with E-state index in [1.807, 2.05) is 23.1 Å². The molecule has 0 saturated carbocycles. The van der Waals surface area contributed by atoms with Crippen LogP contribution in [0.3, 0.4) is 0 Å². The van der Waals surface area contributed by atoms with Gasteiger partial charge in [-0.15, -0.1) is 10.2 Å². The second-order valence-corrected chi connectivity index (χ2v) is 9.35. The molecule has 1 aliphatic rings. The maximum atomic E-state index is 12.9. The van der Waals surface area contributed by atoms with Crippen molar-refractivity contribution in [3.8, 4) is 5.69 Å². The quantitative estimate of drug-likeness (QED) is 0.514. The normalized spacial score (nSPS) is 16.5. The third-order valence-electron chi connectivity index (χ3n) is 5.95. The molecule has 162 valence electrons. The number of piperidine rings is 1. The highest BCUT2D eigenvalue weighted by Crippen LogP contribution is 2.27. The lowest BCUT2D eigenvalue weighted by Crippen LogP contribution is -2.43. The Labute approximate surface area is 188 Å². The first-order chi connectivity index (χ1) is 15.0. The van der Waals surface area contributed by atoms with E-state index in [9.17, 15) is 4.79 Å². The summed E-state index contributed by atoms with van der Waals surface area (Å²) < 4.78 is 2.12. The minimum absolute atomic E-state index is 0.192. The summed E-state index contributed by atoms with van der Waals surface area (Å²) in [6, 6.07) is 17.1. The Morgan fingerprint density at radius 3 is 2.65 bits per heavy atom. The van der Waals surface area contributed by atoms with Crippen molar-refractivity contribution < 1.29 is 4.79 Å². The molecule has 31 heavy (non-hydrogen) atoms. The number of likely N-dealkylation sites (tertiary alicyclic amines) is 1. The molecular formula is C25H30N4OS. The first kappa shape index (κ1) is 21.6. The fourth-order valence-corrected chi connectivity index (χ4v) is 5.11. The van der Waals surface area contributed by atoms with Crippen LogP contribution >= 0.6 is 11.8 Å². The number of thioether (sulfide) groups is 1. The lowest BCUT2D eigenvalue weighted by Gasteiger charge is -2.33. The SMILES string of the molecule is Cc1ccc(-n2c(Cc3ccccc3)nnc2SCC(=O)N2CCCCC2C)c(C)c1. The highest BCUT2D eigenvalue weighted by molar-refractivity contribution is 7.99. The minimum Gasteiger partial charge on any atom is -0.339 e. The fraction of sp³-hybridized carbons (Fsp3) is 0.400. The molecule has 4 rings (SSSR count). The molecule has 5 nitrogen and oxygen atoms in total. The van der Waals surface area contributed by atoms with Gasteiger partial charge in [0, 0.05) is 19.0 Å². The van der Waals surface area contributed by atoms with Crippen LogP contribution in [0.25, 0.3) is 5.69 Å². The highest BCUT2D eigenvalue weighted by atomic mass is 32.2. The third kappa shape index (κ3) is 5.01. The Morgan fingerprint density at radius 1 is 1.10 bits per heavy atom. The number of hydrogen-bond donors (Lipinski definition) is 0. The zero-order valence-electron chi connectivity index (χ0n) is 18.5. The number of aryl methyl sites for hydroxylation is 2. The van der Waals surface area contributed by atoms with Crippen LogP contribution < -0.4 is 0 Å². The van der Waals surface area contributed by atoms with E-state index in [0.717, 1.165) is 36.1 Å². The van der Waals surface area contributed by atoms with E-state index in [1.165, 1.54) is 34.9 Å². The van der Waals surface area contributed by atoms with E-state index in [2.05, 4.69) is 65.9 Å². The molecule has 2 aromatic carbocycles. The number of amides is 1. The van der Waals surface area contributed by atoms with Crippen molar-refractivity contribution in [3.05, 3.63) is 71.0 Å². The third-order valence-corrected chi connectivity index (χ3v) is 6.86. The fourth-order valence-electron chi connectivity index (χ4n) is 4.26. The standard InChI is InChI=1S/C25H30N4OS/c1-18-12-13-22(19(2)15-18)29-23(16-21-10-5-4-6-11-21)26-27-25(29)31-17-24(30)28-14-8-7-9-20(28)3/h4-6,10-13,15,20H,7-9,14,16-17H2,1-3H3. The predicted octanol–water partition coefficient (Wildman–Crippen LogP) is 4.97. The average Bonchev–Trinajstić information content (AvgIpc) is 3.15. The second kappa shape index (κ2) is 9.69. The van der Waals surface area contributed by atoms with Gasteiger partial charge >= 0.3 is 0 Å². The van der Waals surface area contributed by atoms with Gasteiger partial charge in [-0.25, -0.2) is 0 Å². The topological polar surface area (TPSA) is 51.0 Å². The van der Waals surface area contributed by atoms with Gasteiger partial charge in [0.05, 0.1) is 11.4 Å². The van der Waals surface area contributed by atoms with Crippen LogP contribution in [0.2, 0.25) is 0 Å². The van der Waals surface area contributed by atoms with Crippen molar-refractivity contribution in [2.75, 3.05) is 12.3 Å². The van der Waals surface area contributed by atoms with Gasteiger partial charge in [-0.05, 0) is 57.2 Å². The number of benzene rings is 2. The summed E-state index contributed by atoms with van der Waals surface area (Å²) in [5, 5.41) is 9.79. The van der Waals surface area contributed by atoms with Gasteiger partial charge in [0.15, 0.2) is 5.16 Å². The molecule has 0 radical (unpaired) electrons. The Kier molecular flexibility index (Phi) is 6.76. The van der Waals surface area contributed by atoms with Crippen LogP contribution in [0.15, 0.2) is 53.7 Å². The van der Waals surface area contributed by atoms with Gasteiger partial charge in [-0.3, -0.25) is 9.36 Å². The maximum Gasteiger partial charge on any atom is 0.233 e. The van der Waals surface area contributed by atoms with Gasteiger partial charge in [-0.1, -0.05) is 59.8 Å². The number of rotatable bonds is 6. The molecule has 1 saturated heterocycles. The predicted molar refractivity (Wildman–Crippen MR) is 126 cm³/mol. The van der Waals surface area contributed by atoms with Crippen LogP contribution in [-0.2, 0) is 11.2 Å². The Morgan fingerprint density at radius 2 is 1.90 bits per heavy atom. The zero-order chi connectivity index (χ0) is 21.8. The Hall–Kier alpha value is -2.60. The van der Waals surface area contributed by atoms with Gasteiger partial charge in [0.25, 0.3) is 0 Å². The molecule has 1 unspecified atom stereocenters. The van der Waals surface area contributed by atoms with Crippen LogP contribution in [0.4, 0.5) is 0 Å². The number of nitrogens with zero attached hydrogens (tertiary/aromatic N) is 4. The van der Waals surface area contributed by atoms with E-state index in [0.29, 0.717) is 18.2 Å². The van der Waals surface area contributed by atoms with E-state index in [4.69, 9.17) is 0 Å². The molecule has 0 N–H and O–H groups in total. The largest absolute Gasteiger partial charge is 0.339 e. The molecular weight excluding hydrogens is 404 g/mol. The molecule has 1 aliphatic heterocycles. The van der Waals surface area contributed by atoms with E-state index in [-0.39, 0.29) is 5.91 Å². The van der Waals surface area contributed by atoms with E-state index in [1.54, 1.807) is 0 Å². The number of hydrogen-bond acceptors (Lipinski definition) is 4. The smallest absolute Gasteiger partial charge is 0.233 e. The molecule has 3 aromatic rings. The second-order valence-electron chi connectivity index (χ2n) is 8.41. The monoisotopic (exact) mass is 434 g/mol. The summed E-state index contributed by atoms with van der Waals surface area (Å²) >= 11 is 1.49. The Bertz CT molecular complexity index is 1050. The molecule has 1 amide bonds. The van der Waals surface area contributed by atoms with Crippen LogP contribution in [0, 0.1) is 13.8 Å². The van der Waals surface area contributed by atoms with Crippen molar-refractivity contribution in [3.63, 3.8) is 0 Å². The molecule has 2 heterocycles. The van der Waals surface area contributed by atoms with Crippen molar-refractivity contribution in [1.29, 1.82) is 0 Å².